The molecule has 0 N–H and O–H groups in total. The number of fused-ring (bicyclic) bond motifs is 2. The Hall–Kier alpha value is -1.56. The molecular formula is C18H20. The van der Waals surface area contributed by atoms with E-state index in [1.165, 1.54) is 12.0 Å². The van der Waals surface area contributed by atoms with E-state index in [4.69, 9.17) is 0 Å². The fraction of sp³-hybridized carbons (Fsp3) is 0.333. The van der Waals surface area contributed by atoms with Gasteiger partial charge in [0, 0.05) is 5.92 Å². The van der Waals surface area contributed by atoms with E-state index < -0.39 is 0 Å². The third-order valence-corrected chi connectivity index (χ3v) is 4.33. The quantitative estimate of drug-likeness (QED) is 0.670. The summed E-state index contributed by atoms with van der Waals surface area (Å²) in [5, 5.41) is 0. The van der Waals surface area contributed by atoms with Gasteiger partial charge in [-0.15, -0.1) is 0 Å². The summed E-state index contributed by atoms with van der Waals surface area (Å²) in [7, 11) is 0. The van der Waals surface area contributed by atoms with Gasteiger partial charge in [-0.1, -0.05) is 62.4 Å². The second-order valence-corrected chi connectivity index (χ2v) is 5.16. The van der Waals surface area contributed by atoms with Crippen LogP contribution in [0.4, 0.5) is 0 Å². The Balaban J connectivity index is 2.25. The van der Waals surface area contributed by atoms with Gasteiger partial charge >= 0.3 is 0 Å². The Labute approximate surface area is 110 Å². The largest absolute Gasteiger partial charge is 0.0764 e. The van der Waals surface area contributed by atoms with E-state index in [1.54, 1.807) is 16.7 Å². The summed E-state index contributed by atoms with van der Waals surface area (Å²) in [5.41, 5.74) is 6.12. The highest BCUT2D eigenvalue weighted by atomic mass is 14.3. The van der Waals surface area contributed by atoms with Gasteiger partial charge in [0.05, 0.1) is 0 Å². The normalized spacial score (nSPS) is 25.0. The van der Waals surface area contributed by atoms with Gasteiger partial charge in [-0.05, 0) is 41.0 Å². The van der Waals surface area contributed by atoms with Crippen molar-refractivity contribution in [2.45, 2.75) is 32.6 Å². The van der Waals surface area contributed by atoms with Crippen LogP contribution in [-0.4, -0.2) is 0 Å². The van der Waals surface area contributed by atoms with Crippen molar-refractivity contribution in [2.75, 3.05) is 0 Å². The minimum absolute atomic E-state index is 0.588. The number of rotatable bonds is 2. The zero-order valence-corrected chi connectivity index (χ0v) is 11.2. The summed E-state index contributed by atoms with van der Waals surface area (Å²) in [5.74, 6) is 1.23. The van der Waals surface area contributed by atoms with E-state index >= 15 is 0 Å². The van der Waals surface area contributed by atoms with Gasteiger partial charge in [-0.3, -0.25) is 0 Å². The van der Waals surface area contributed by atoms with Gasteiger partial charge in [0.1, 0.15) is 0 Å². The summed E-state index contributed by atoms with van der Waals surface area (Å²) < 4.78 is 0. The monoisotopic (exact) mass is 236 g/mol. The molecular weight excluding hydrogens is 216 g/mol. The first-order valence-corrected chi connectivity index (χ1v) is 7.04. The van der Waals surface area contributed by atoms with E-state index in [-0.39, 0.29) is 0 Å². The molecule has 92 valence electrons. The first kappa shape index (κ1) is 11.5. The summed E-state index contributed by atoms with van der Waals surface area (Å²) in [6.45, 7) is 4.58. The van der Waals surface area contributed by atoms with Crippen molar-refractivity contribution in [3.63, 3.8) is 0 Å². The van der Waals surface area contributed by atoms with Gasteiger partial charge in [0.15, 0.2) is 0 Å². The predicted octanol–water partition coefficient (Wildman–Crippen LogP) is 5.10. The van der Waals surface area contributed by atoms with Crippen LogP contribution in [0.2, 0.25) is 0 Å². The minimum Gasteiger partial charge on any atom is -0.0764 e. The van der Waals surface area contributed by atoms with E-state index in [2.05, 4.69) is 62.4 Å². The maximum Gasteiger partial charge on any atom is 0.00928 e. The van der Waals surface area contributed by atoms with Gasteiger partial charge in [-0.25, -0.2) is 0 Å². The van der Waals surface area contributed by atoms with E-state index in [0.717, 1.165) is 6.42 Å². The van der Waals surface area contributed by atoms with Crippen molar-refractivity contribution in [1.82, 2.24) is 0 Å². The Morgan fingerprint density at radius 3 is 2.67 bits per heavy atom. The van der Waals surface area contributed by atoms with Crippen LogP contribution >= 0.6 is 0 Å². The molecule has 0 amide bonds. The second-order valence-electron chi connectivity index (χ2n) is 5.16. The van der Waals surface area contributed by atoms with Gasteiger partial charge in [0.2, 0.25) is 0 Å². The third kappa shape index (κ3) is 1.59. The van der Waals surface area contributed by atoms with E-state index in [9.17, 15) is 0 Å². The molecule has 0 spiro atoms. The van der Waals surface area contributed by atoms with E-state index in [0.29, 0.717) is 11.8 Å². The maximum atomic E-state index is 2.38. The third-order valence-electron chi connectivity index (χ3n) is 4.33. The molecule has 2 aliphatic carbocycles. The maximum absolute atomic E-state index is 2.38. The van der Waals surface area contributed by atoms with Crippen LogP contribution in [0.15, 0.2) is 54.1 Å². The van der Waals surface area contributed by atoms with E-state index in [1.807, 2.05) is 0 Å². The molecule has 0 radical (unpaired) electrons. The molecule has 0 heteroatoms. The lowest BCUT2D eigenvalue weighted by Crippen LogP contribution is -2.20. The van der Waals surface area contributed by atoms with Crippen LogP contribution < -0.4 is 0 Å². The first-order valence-electron chi connectivity index (χ1n) is 7.04. The molecule has 2 unspecified atom stereocenters. The lowest BCUT2D eigenvalue weighted by molar-refractivity contribution is 0.547. The fourth-order valence-corrected chi connectivity index (χ4v) is 3.52. The van der Waals surface area contributed by atoms with Gasteiger partial charge in [-0.2, -0.15) is 0 Å². The zero-order chi connectivity index (χ0) is 12.5. The lowest BCUT2D eigenvalue weighted by Gasteiger charge is -2.35. The van der Waals surface area contributed by atoms with Crippen LogP contribution in [0, 0.1) is 5.92 Å². The Morgan fingerprint density at radius 1 is 1.06 bits per heavy atom. The van der Waals surface area contributed by atoms with Gasteiger partial charge in [0.25, 0.3) is 0 Å². The molecule has 0 nitrogen and oxygen atoms in total. The molecule has 0 saturated carbocycles. The molecule has 0 aromatic heterocycles. The molecule has 3 rings (SSSR count). The van der Waals surface area contributed by atoms with Gasteiger partial charge < -0.3 is 0 Å². The first-order chi connectivity index (χ1) is 8.86. The minimum atomic E-state index is 0.588. The second kappa shape index (κ2) is 4.61. The number of hydrogen-bond donors (Lipinski definition) is 0. The van der Waals surface area contributed by atoms with Crippen LogP contribution in [0.3, 0.4) is 0 Å². The van der Waals surface area contributed by atoms with Crippen molar-refractivity contribution < 1.29 is 0 Å². The average Bonchev–Trinajstić information content (AvgIpc) is 2.44. The Morgan fingerprint density at radius 2 is 1.89 bits per heavy atom. The summed E-state index contributed by atoms with van der Waals surface area (Å²) in [4.78, 5) is 0. The molecule has 2 atom stereocenters. The van der Waals surface area contributed by atoms with Crippen molar-refractivity contribution in [2.24, 2.45) is 5.92 Å². The molecule has 18 heavy (non-hydrogen) atoms. The smallest absolute Gasteiger partial charge is 0.00928 e. The molecule has 2 aliphatic rings. The number of hydrogen-bond acceptors (Lipinski definition) is 0. The van der Waals surface area contributed by atoms with Crippen molar-refractivity contribution >= 4 is 5.57 Å². The Kier molecular flexibility index (Phi) is 2.95. The van der Waals surface area contributed by atoms with Crippen LogP contribution in [0.5, 0.6) is 0 Å². The van der Waals surface area contributed by atoms with Crippen molar-refractivity contribution in [3.05, 3.63) is 65.3 Å². The topological polar surface area (TPSA) is 0 Å². The fourth-order valence-electron chi connectivity index (χ4n) is 3.52. The standard InChI is InChI=1S/C18H20/c1-3-13-15-9-5-7-11-17(15)14(4-2)18-12-8-6-10-16(13)18/h5-13,15H,3-4H2,1-2H3. The molecule has 1 aromatic rings. The molecule has 1 aromatic carbocycles. The summed E-state index contributed by atoms with van der Waals surface area (Å²) in [6, 6.07) is 8.97. The highest BCUT2D eigenvalue weighted by Gasteiger charge is 2.31. The summed E-state index contributed by atoms with van der Waals surface area (Å²) >= 11 is 0. The average molecular weight is 236 g/mol. The highest BCUT2D eigenvalue weighted by Crippen LogP contribution is 2.47. The Bertz CT molecular complexity index is 543. The van der Waals surface area contributed by atoms with Crippen LogP contribution in [0.25, 0.3) is 5.57 Å². The predicted molar refractivity (Wildman–Crippen MR) is 78.5 cm³/mol. The molecule has 0 bridgehead atoms. The van der Waals surface area contributed by atoms with Crippen molar-refractivity contribution in [1.29, 1.82) is 0 Å². The number of benzene rings is 1. The molecule has 0 saturated heterocycles. The number of allylic oxidation sites excluding steroid dienone is 6. The SMILES string of the molecule is CCC1=C2C=CC=CC2C(CC)c2ccccc21. The van der Waals surface area contributed by atoms with Crippen LogP contribution in [0.1, 0.15) is 43.7 Å². The molecule has 0 heterocycles. The van der Waals surface area contributed by atoms with Crippen LogP contribution in [-0.2, 0) is 0 Å². The lowest BCUT2D eigenvalue weighted by atomic mass is 9.69. The molecule has 0 aliphatic heterocycles. The summed E-state index contributed by atoms with van der Waals surface area (Å²) in [6.07, 6.45) is 11.4. The zero-order valence-electron chi connectivity index (χ0n) is 11.2. The van der Waals surface area contributed by atoms with Crippen molar-refractivity contribution in [3.8, 4) is 0 Å². The molecule has 0 fully saturated rings. The highest BCUT2D eigenvalue weighted by molar-refractivity contribution is 5.77.